The molecule has 0 unspecified atom stereocenters. The van der Waals surface area contributed by atoms with Gasteiger partial charge in [0, 0.05) is 0 Å². The first-order valence-corrected chi connectivity index (χ1v) is 2.64. The van der Waals surface area contributed by atoms with Gasteiger partial charge in [-0.05, 0) is 0 Å². The molecule has 11 heavy (non-hydrogen) atoms. The molecule has 4 heteroatoms. The summed E-state index contributed by atoms with van der Waals surface area (Å²) < 4.78 is 4.90. The first-order valence-electron chi connectivity index (χ1n) is 2.64. The van der Waals surface area contributed by atoms with Crippen LogP contribution in [-0.4, -0.2) is 24.8 Å². The molecule has 0 saturated heterocycles. The van der Waals surface area contributed by atoms with Gasteiger partial charge in [0.2, 0.25) is 0 Å². The standard InChI is InChI=1S/C6H10O.CHO2.Na/c1-3-5-7-6-4-2;2-1-3;/h3-4H,1-2,5-6H2;(H,2,3);/q;-1;+1. The van der Waals surface area contributed by atoms with Crippen molar-refractivity contribution in [3.63, 3.8) is 0 Å². The van der Waals surface area contributed by atoms with Crippen LogP contribution in [0.3, 0.4) is 0 Å². The van der Waals surface area contributed by atoms with Crippen LogP contribution in [-0.2, 0) is 9.53 Å². The smallest absolute Gasteiger partial charge is 0.665 e. The largest absolute Gasteiger partial charge is 1.00 e. The Kier molecular flexibility index (Phi) is 35.1. The maximum absolute atomic E-state index is 8.24. The van der Waals surface area contributed by atoms with Crippen LogP contribution in [0.25, 0.3) is 0 Å². The van der Waals surface area contributed by atoms with Crippen LogP contribution in [0.4, 0.5) is 0 Å². The van der Waals surface area contributed by atoms with Crippen LogP contribution in [0, 0.1) is 0 Å². The molecule has 0 aliphatic heterocycles. The Bertz CT molecular complexity index is 85.7. The molecule has 0 heterocycles. The fraction of sp³-hybridized carbons (Fsp3) is 0.286. The molecule has 58 valence electrons. The summed E-state index contributed by atoms with van der Waals surface area (Å²) in [5.74, 6) is 0. The van der Waals surface area contributed by atoms with E-state index in [1.165, 1.54) is 0 Å². The Morgan fingerprint density at radius 2 is 1.64 bits per heavy atom. The van der Waals surface area contributed by atoms with Gasteiger partial charge in [-0.15, -0.1) is 13.2 Å². The SMILES string of the molecule is C=CCOCC=C.O=[C-]O.[Na+]. The zero-order valence-electron chi connectivity index (χ0n) is 6.75. The average Bonchev–Trinajstić information content (AvgIpc) is 1.91. The maximum atomic E-state index is 8.24. The van der Waals surface area contributed by atoms with Crippen LogP contribution >= 0.6 is 0 Å². The van der Waals surface area contributed by atoms with Crippen LogP contribution in [0.2, 0.25) is 0 Å². The quantitative estimate of drug-likeness (QED) is 0.227. The van der Waals surface area contributed by atoms with E-state index in [2.05, 4.69) is 13.2 Å². The average molecular weight is 166 g/mol. The molecular formula is C7H11NaO3. The molecule has 0 aliphatic rings. The van der Waals surface area contributed by atoms with E-state index in [0.717, 1.165) is 0 Å². The Morgan fingerprint density at radius 1 is 1.36 bits per heavy atom. The second-order valence-corrected chi connectivity index (χ2v) is 1.21. The number of hydrogen-bond donors (Lipinski definition) is 1. The molecule has 0 rings (SSSR count). The molecule has 0 saturated carbocycles. The summed E-state index contributed by atoms with van der Waals surface area (Å²) >= 11 is 0. The van der Waals surface area contributed by atoms with E-state index in [9.17, 15) is 0 Å². The fourth-order valence-corrected chi connectivity index (χ4v) is 0.235. The van der Waals surface area contributed by atoms with Gasteiger partial charge in [0.05, 0.1) is 13.2 Å². The first-order chi connectivity index (χ1) is 4.83. The van der Waals surface area contributed by atoms with Crippen LogP contribution in [0.15, 0.2) is 25.3 Å². The predicted molar refractivity (Wildman–Crippen MR) is 39.5 cm³/mol. The number of ether oxygens (including phenoxy) is 1. The minimum Gasteiger partial charge on any atom is -0.665 e. The van der Waals surface area contributed by atoms with Gasteiger partial charge in [-0.2, -0.15) is 0 Å². The monoisotopic (exact) mass is 166 g/mol. The van der Waals surface area contributed by atoms with Gasteiger partial charge in [-0.25, -0.2) is 0 Å². The molecule has 0 amide bonds. The number of rotatable bonds is 4. The summed E-state index contributed by atoms with van der Waals surface area (Å²) in [6.07, 6.45) is 3.42. The van der Waals surface area contributed by atoms with Crippen molar-refractivity contribution in [2.45, 2.75) is 0 Å². The number of aliphatic hydroxyl groups excluding tert-OH is 1. The van der Waals surface area contributed by atoms with Crippen molar-refractivity contribution in [2.24, 2.45) is 0 Å². The van der Waals surface area contributed by atoms with Gasteiger partial charge in [-0.3, -0.25) is 0 Å². The van der Waals surface area contributed by atoms with Crippen molar-refractivity contribution in [1.29, 1.82) is 0 Å². The van der Waals surface area contributed by atoms with Crippen LogP contribution in [0.5, 0.6) is 0 Å². The zero-order valence-corrected chi connectivity index (χ0v) is 8.75. The van der Waals surface area contributed by atoms with Crippen LogP contribution in [0.1, 0.15) is 0 Å². The summed E-state index contributed by atoms with van der Waals surface area (Å²) in [6, 6.07) is 0. The Hall–Kier alpha value is -0.0900. The summed E-state index contributed by atoms with van der Waals surface area (Å²) in [7, 11) is 0. The summed E-state index contributed by atoms with van der Waals surface area (Å²) in [4.78, 5) is 8.24. The molecule has 0 fully saturated rings. The number of hydrogen-bond acceptors (Lipinski definition) is 2. The molecule has 0 radical (unpaired) electrons. The minimum atomic E-state index is 0. The third kappa shape index (κ3) is 40.6. The van der Waals surface area contributed by atoms with Gasteiger partial charge >= 0.3 is 29.6 Å². The third-order valence-electron chi connectivity index (χ3n) is 0.471. The molecule has 0 bridgehead atoms. The van der Waals surface area contributed by atoms with Crippen molar-refractivity contribution in [2.75, 3.05) is 13.2 Å². The Labute approximate surface area is 89.0 Å². The van der Waals surface area contributed by atoms with Gasteiger partial charge in [0.25, 0.3) is 0 Å². The van der Waals surface area contributed by atoms with Gasteiger partial charge < -0.3 is 14.6 Å². The van der Waals surface area contributed by atoms with E-state index in [1.54, 1.807) is 12.2 Å². The minimum absolute atomic E-state index is 0. The van der Waals surface area contributed by atoms with Crippen LogP contribution < -0.4 is 29.6 Å². The van der Waals surface area contributed by atoms with Gasteiger partial charge in [-0.1, -0.05) is 18.6 Å². The van der Waals surface area contributed by atoms with E-state index in [4.69, 9.17) is 14.6 Å². The van der Waals surface area contributed by atoms with E-state index in [-0.39, 0.29) is 29.6 Å². The molecule has 0 spiro atoms. The van der Waals surface area contributed by atoms with E-state index >= 15 is 0 Å². The van der Waals surface area contributed by atoms with E-state index in [1.807, 2.05) is 0 Å². The second-order valence-electron chi connectivity index (χ2n) is 1.21. The van der Waals surface area contributed by atoms with E-state index < -0.39 is 0 Å². The van der Waals surface area contributed by atoms with E-state index in [0.29, 0.717) is 19.7 Å². The zero-order chi connectivity index (χ0) is 8.24. The predicted octanol–water partition coefficient (Wildman–Crippen LogP) is -2.01. The molecule has 0 aromatic carbocycles. The molecule has 0 aliphatic carbocycles. The third-order valence-corrected chi connectivity index (χ3v) is 0.471. The molecule has 3 nitrogen and oxygen atoms in total. The summed E-state index contributed by atoms with van der Waals surface area (Å²) in [5, 5.41) is 6.76. The molecular weight excluding hydrogens is 155 g/mol. The Balaban J connectivity index is -0.000000140. The van der Waals surface area contributed by atoms with Crippen molar-refractivity contribution >= 4 is 6.47 Å². The summed E-state index contributed by atoms with van der Waals surface area (Å²) in [5.41, 5.74) is 0. The molecule has 0 atom stereocenters. The molecule has 0 aromatic rings. The van der Waals surface area contributed by atoms with Crippen molar-refractivity contribution in [3.05, 3.63) is 25.3 Å². The van der Waals surface area contributed by atoms with Crippen molar-refractivity contribution in [1.82, 2.24) is 0 Å². The maximum Gasteiger partial charge on any atom is 1.00 e. The molecule has 1 N–H and O–H groups in total. The summed E-state index contributed by atoms with van der Waals surface area (Å²) in [6.45, 7) is 8.68. The van der Waals surface area contributed by atoms with Crippen molar-refractivity contribution < 1.29 is 44.2 Å². The van der Waals surface area contributed by atoms with Crippen molar-refractivity contribution in [3.8, 4) is 0 Å². The van der Waals surface area contributed by atoms with Gasteiger partial charge in [0.15, 0.2) is 0 Å². The normalized spacial score (nSPS) is 6.18. The Morgan fingerprint density at radius 3 is 1.82 bits per heavy atom. The molecule has 0 aromatic heterocycles. The first kappa shape index (κ1) is 17.1. The second kappa shape index (κ2) is 22.5. The fourth-order valence-electron chi connectivity index (χ4n) is 0.235. The van der Waals surface area contributed by atoms with Gasteiger partial charge in [0.1, 0.15) is 0 Å². The topological polar surface area (TPSA) is 46.5 Å².